The second-order valence-electron chi connectivity index (χ2n) is 7.40. The molecule has 1 aromatic heterocycles. The van der Waals surface area contributed by atoms with Crippen molar-refractivity contribution < 1.29 is 4.74 Å². The lowest BCUT2D eigenvalue weighted by atomic mass is 9.92. The molecule has 0 bridgehead atoms. The molecule has 0 spiro atoms. The van der Waals surface area contributed by atoms with Gasteiger partial charge in [0.15, 0.2) is 5.82 Å². The number of hydrogen-bond donors (Lipinski definition) is 0. The molecule has 0 radical (unpaired) electrons. The molecule has 6 heteroatoms. The maximum atomic E-state index is 5.57. The van der Waals surface area contributed by atoms with Gasteiger partial charge < -0.3 is 4.74 Å². The van der Waals surface area contributed by atoms with E-state index in [1.54, 1.807) is 0 Å². The fraction of sp³-hybridized carbons (Fsp3) is 0.409. The van der Waals surface area contributed by atoms with Crippen molar-refractivity contribution in [2.75, 3.05) is 26.3 Å². The maximum Gasteiger partial charge on any atom is 0.172 e. The van der Waals surface area contributed by atoms with Crippen LogP contribution in [0.3, 0.4) is 0 Å². The monoisotopic (exact) mass is 377 g/mol. The highest BCUT2D eigenvalue weighted by Crippen LogP contribution is 2.35. The molecular formula is C22H27N5O. The van der Waals surface area contributed by atoms with E-state index in [0.717, 1.165) is 38.5 Å². The number of morpholine rings is 1. The fourth-order valence-corrected chi connectivity index (χ4v) is 4.05. The van der Waals surface area contributed by atoms with Crippen LogP contribution in [0.4, 0.5) is 0 Å². The standard InChI is InChI=1S/C22H27N5O/c1-3-22(2,26-14-16-28-17-15-26)21-23-24-25-27(21)20(18-10-6-4-7-11-18)19-12-8-5-9-13-19/h4-13,20H,3,14-17H2,1-2H3/t22-/m0/s1. The van der Waals surface area contributed by atoms with Crippen molar-refractivity contribution in [1.82, 2.24) is 25.1 Å². The van der Waals surface area contributed by atoms with E-state index in [1.165, 1.54) is 11.1 Å². The lowest BCUT2D eigenvalue weighted by Crippen LogP contribution is -2.51. The average molecular weight is 377 g/mol. The second kappa shape index (κ2) is 8.20. The minimum atomic E-state index is -0.255. The molecule has 2 heterocycles. The first-order valence-electron chi connectivity index (χ1n) is 9.95. The van der Waals surface area contributed by atoms with Crippen molar-refractivity contribution in [3.63, 3.8) is 0 Å². The Kier molecular flexibility index (Phi) is 5.50. The summed E-state index contributed by atoms with van der Waals surface area (Å²) in [6.45, 7) is 7.72. The molecule has 0 aliphatic carbocycles. The molecule has 2 aromatic carbocycles. The van der Waals surface area contributed by atoms with Crippen LogP contribution in [0.15, 0.2) is 60.7 Å². The number of benzene rings is 2. The molecule has 0 amide bonds. The summed E-state index contributed by atoms with van der Waals surface area (Å²) in [6.07, 6.45) is 0.920. The first-order chi connectivity index (χ1) is 13.7. The molecule has 0 N–H and O–H groups in total. The topological polar surface area (TPSA) is 56.1 Å². The molecule has 1 atom stereocenters. The number of nitrogens with zero attached hydrogens (tertiary/aromatic N) is 5. The van der Waals surface area contributed by atoms with Crippen molar-refractivity contribution in [2.24, 2.45) is 0 Å². The Morgan fingerprint density at radius 2 is 1.54 bits per heavy atom. The maximum absolute atomic E-state index is 5.57. The van der Waals surface area contributed by atoms with E-state index in [4.69, 9.17) is 4.74 Å². The summed E-state index contributed by atoms with van der Waals surface area (Å²) in [5, 5.41) is 13.1. The van der Waals surface area contributed by atoms with Gasteiger partial charge in [0, 0.05) is 13.1 Å². The van der Waals surface area contributed by atoms with Crippen LogP contribution < -0.4 is 0 Å². The Bertz CT molecular complexity index is 837. The molecule has 0 unspecified atom stereocenters. The van der Waals surface area contributed by atoms with E-state index in [9.17, 15) is 0 Å². The van der Waals surface area contributed by atoms with Gasteiger partial charge in [-0.25, -0.2) is 4.68 Å². The Labute approximate surface area is 166 Å². The van der Waals surface area contributed by atoms with Crippen LogP contribution in [-0.2, 0) is 10.3 Å². The van der Waals surface area contributed by atoms with Crippen molar-refractivity contribution >= 4 is 0 Å². The van der Waals surface area contributed by atoms with Gasteiger partial charge in [-0.15, -0.1) is 5.10 Å². The number of rotatable bonds is 6. The van der Waals surface area contributed by atoms with E-state index in [0.29, 0.717) is 0 Å². The molecule has 1 aliphatic rings. The van der Waals surface area contributed by atoms with E-state index in [-0.39, 0.29) is 11.6 Å². The number of aromatic nitrogens is 4. The molecule has 146 valence electrons. The van der Waals surface area contributed by atoms with Crippen LogP contribution in [0.25, 0.3) is 0 Å². The van der Waals surface area contributed by atoms with Crippen LogP contribution in [-0.4, -0.2) is 51.4 Å². The minimum absolute atomic E-state index is 0.0701. The molecule has 1 aliphatic heterocycles. The van der Waals surface area contributed by atoms with Crippen LogP contribution in [0, 0.1) is 0 Å². The zero-order valence-corrected chi connectivity index (χ0v) is 16.5. The summed E-state index contributed by atoms with van der Waals surface area (Å²) in [6, 6.07) is 20.8. The zero-order valence-electron chi connectivity index (χ0n) is 16.5. The van der Waals surface area contributed by atoms with Crippen molar-refractivity contribution in [2.45, 2.75) is 31.8 Å². The molecule has 1 fully saturated rings. The van der Waals surface area contributed by atoms with Gasteiger partial charge in [0.1, 0.15) is 6.04 Å². The smallest absolute Gasteiger partial charge is 0.172 e. The van der Waals surface area contributed by atoms with E-state index >= 15 is 0 Å². The van der Waals surface area contributed by atoms with Gasteiger partial charge in [0.2, 0.25) is 0 Å². The SMILES string of the molecule is CC[C@@](C)(c1nnnn1C(c1ccccc1)c1ccccc1)N1CCOCC1. The predicted octanol–water partition coefficient (Wildman–Crippen LogP) is 3.27. The predicted molar refractivity (Wildman–Crippen MR) is 108 cm³/mol. The quantitative estimate of drug-likeness (QED) is 0.660. The lowest BCUT2D eigenvalue weighted by Gasteiger charge is -2.42. The molecular weight excluding hydrogens is 350 g/mol. The Balaban J connectivity index is 1.82. The van der Waals surface area contributed by atoms with Gasteiger partial charge in [-0.05, 0) is 34.9 Å². The van der Waals surface area contributed by atoms with Crippen molar-refractivity contribution in [1.29, 1.82) is 0 Å². The van der Waals surface area contributed by atoms with Crippen molar-refractivity contribution in [3.8, 4) is 0 Å². The van der Waals surface area contributed by atoms with Crippen LogP contribution in [0.2, 0.25) is 0 Å². The first-order valence-corrected chi connectivity index (χ1v) is 9.95. The highest BCUT2D eigenvalue weighted by Gasteiger charge is 2.39. The van der Waals surface area contributed by atoms with Gasteiger partial charge in [-0.3, -0.25) is 4.90 Å². The van der Waals surface area contributed by atoms with Gasteiger partial charge in [-0.1, -0.05) is 67.6 Å². The molecule has 1 saturated heterocycles. The van der Waals surface area contributed by atoms with E-state index in [1.807, 2.05) is 16.8 Å². The first kappa shape index (κ1) is 18.8. The summed E-state index contributed by atoms with van der Waals surface area (Å²) in [4.78, 5) is 2.45. The van der Waals surface area contributed by atoms with Crippen molar-refractivity contribution in [3.05, 3.63) is 77.6 Å². The third-order valence-corrected chi connectivity index (χ3v) is 5.85. The van der Waals surface area contributed by atoms with Gasteiger partial charge >= 0.3 is 0 Å². The summed E-state index contributed by atoms with van der Waals surface area (Å²) in [7, 11) is 0. The lowest BCUT2D eigenvalue weighted by molar-refractivity contribution is -0.0250. The Morgan fingerprint density at radius 3 is 2.07 bits per heavy atom. The third-order valence-electron chi connectivity index (χ3n) is 5.85. The summed E-state index contributed by atoms with van der Waals surface area (Å²) >= 11 is 0. The highest BCUT2D eigenvalue weighted by molar-refractivity contribution is 5.33. The van der Waals surface area contributed by atoms with Gasteiger partial charge in [-0.2, -0.15) is 0 Å². The summed E-state index contributed by atoms with van der Waals surface area (Å²) in [5.41, 5.74) is 2.08. The highest BCUT2D eigenvalue weighted by atomic mass is 16.5. The van der Waals surface area contributed by atoms with Gasteiger partial charge in [0.05, 0.1) is 18.8 Å². The molecule has 6 nitrogen and oxygen atoms in total. The second-order valence-corrected chi connectivity index (χ2v) is 7.40. The van der Waals surface area contributed by atoms with Crippen LogP contribution in [0.1, 0.15) is 43.3 Å². The Hall–Kier alpha value is -2.57. The number of tetrazole rings is 1. The van der Waals surface area contributed by atoms with Crippen LogP contribution >= 0.6 is 0 Å². The largest absolute Gasteiger partial charge is 0.379 e. The normalized spacial score (nSPS) is 17.5. The average Bonchev–Trinajstić information content (AvgIpc) is 3.25. The third kappa shape index (κ3) is 3.45. The van der Waals surface area contributed by atoms with E-state index < -0.39 is 0 Å². The van der Waals surface area contributed by atoms with Gasteiger partial charge in [0.25, 0.3) is 0 Å². The number of hydrogen-bond acceptors (Lipinski definition) is 5. The molecule has 3 aromatic rings. The number of ether oxygens (including phenoxy) is 1. The summed E-state index contributed by atoms with van der Waals surface area (Å²) in [5.74, 6) is 0.898. The molecule has 0 saturated carbocycles. The Morgan fingerprint density at radius 1 is 0.964 bits per heavy atom. The molecule has 4 rings (SSSR count). The molecule has 28 heavy (non-hydrogen) atoms. The van der Waals surface area contributed by atoms with E-state index in [2.05, 4.69) is 82.8 Å². The fourth-order valence-electron chi connectivity index (χ4n) is 4.05. The summed E-state index contributed by atoms with van der Waals surface area (Å²) < 4.78 is 7.58. The van der Waals surface area contributed by atoms with Crippen LogP contribution in [0.5, 0.6) is 0 Å². The zero-order chi connectivity index (χ0) is 19.4. The minimum Gasteiger partial charge on any atom is -0.379 e.